The number of hydrogen-bond acceptors (Lipinski definition) is 3. The summed E-state index contributed by atoms with van der Waals surface area (Å²) in [5.41, 5.74) is 0. The molecule has 0 saturated carbocycles. The van der Waals surface area contributed by atoms with Crippen LogP contribution in [-0.2, 0) is 4.74 Å². The van der Waals surface area contributed by atoms with E-state index in [1.165, 1.54) is 32.5 Å². The molecule has 0 aliphatic carbocycles. The van der Waals surface area contributed by atoms with E-state index in [0.29, 0.717) is 0 Å². The topological polar surface area (TPSA) is 24.5 Å². The Morgan fingerprint density at radius 3 is 3.00 bits per heavy atom. The molecule has 0 aromatic carbocycles. The van der Waals surface area contributed by atoms with Gasteiger partial charge in [0.25, 0.3) is 0 Å². The van der Waals surface area contributed by atoms with Gasteiger partial charge in [0.2, 0.25) is 0 Å². The third-order valence-electron chi connectivity index (χ3n) is 3.32. The molecule has 0 bridgehead atoms. The molecule has 1 N–H and O–H groups in total. The normalized spacial score (nSPS) is 36.6. The molecule has 2 aliphatic heterocycles. The maximum Gasteiger partial charge on any atom is 0.0593 e. The highest BCUT2D eigenvalue weighted by Gasteiger charge is 2.24. The zero-order valence-corrected chi connectivity index (χ0v) is 9.17. The van der Waals surface area contributed by atoms with Crippen molar-refractivity contribution >= 4 is 0 Å². The Bertz CT molecular complexity index is 167. The SMILES string of the molecule is CC1CNCC(N2CCCOCC2)C1. The lowest BCUT2D eigenvalue weighted by Gasteiger charge is -2.36. The maximum atomic E-state index is 5.48. The van der Waals surface area contributed by atoms with Crippen LogP contribution in [0.15, 0.2) is 0 Å². The molecule has 2 heterocycles. The zero-order chi connectivity index (χ0) is 9.80. The van der Waals surface area contributed by atoms with Gasteiger partial charge in [-0.1, -0.05) is 6.92 Å². The van der Waals surface area contributed by atoms with E-state index in [2.05, 4.69) is 17.1 Å². The summed E-state index contributed by atoms with van der Waals surface area (Å²) in [7, 11) is 0. The number of ether oxygens (including phenoxy) is 1. The monoisotopic (exact) mass is 198 g/mol. The molecule has 0 spiro atoms. The minimum Gasteiger partial charge on any atom is -0.380 e. The van der Waals surface area contributed by atoms with Gasteiger partial charge in [0.1, 0.15) is 0 Å². The van der Waals surface area contributed by atoms with Crippen molar-refractivity contribution in [2.45, 2.75) is 25.8 Å². The smallest absolute Gasteiger partial charge is 0.0593 e. The van der Waals surface area contributed by atoms with Crippen molar-refractivity contribution in [1.29, 1.82) is 0 Å². The summed E-state index contributed by atoms with van der Waals surface area (Å²) in [6, 6.07) is 0.750. The first kappa shape index (κ1) is 10.4. The molecule has 82 valence electrons. The third-order valence-corrected chi connectivity index (χ3v) is 3.32. The van der Waals surface area contributed by atoms with Crippen LogP contribution in [0.1, 0.15) is 19.8 Å². The van der Waals surface area contributed by atoms with Gasteiger partial charge in [-0.15, -0.1) is 0 Å². The quantitative estimate of drug-likeness (QED) is 0.671. The molecule has 2 fully saturated rings. The number of rotatable bonds is 1. The van der Waals surface area contributed by atoms with Crippen LogP contribution in [-0.4, -0.2) is 50.3 Å². The van der Waals surface area contributed by atoms with Gasteiger partial charge in [0, 0.05) is 32.3 Å². The molecule has 2 aliphatic rings. The Hall–Kier alpha value is -0.120. The molecule has 2 saturated heterocycles. The van der Waals surface area contributed by atoms with E-state index in [1.807, 2.05) is 0 Å². The highest BCUT2D eigenvalue weighted by atomic mass is 16.5. The van der Waals surface area contributed by atoms with E-state index in [0.717, 1.165) is 31.7 Å². The Labute approximate surface area is 86.8 Å². The van der Waals surface area contributed by atoms with Crippen molar-refractivity contribution in [3.8, 4) is 0 Å². The number of nitrogens with one attached hydrogen (secondary N) is 1. The molecule has 0 aromatic heterocycles. The third kappa shape index (κ3) is 2.69. The van der Waals surface area contributed by atoms with Crippen molar-refractivity contribution < 1.29 is 4.74 Å². The maximum absolute atomic E-state index is 5.48. The summed E-state index contributed by atoms with van der Waals surface area (Å²) < 4.78 is 5.48. The molecule has 14 heavy (non-hydrogen) atoms. The number of nitrogens with zero attached hydrogens (tertiary/aromatic N) is 1. The first-order valence-corrected chi connectivity index (χ1v) is 5.89. The summed E-state index contributed by atoms with van der Waals surface area (Å²) in [5.74, 6) is 0.831. The van der Waals surface area contributed by atoms with Crippen LogP contribution in [0.4, 0.5) is 0 Å². The Morgan fingerprint density at radius 2 is 2.14 bits per heavy atom. The first-order valence-electron chi connectivity index (χ1n) is 5.89. The van der Waals surface area contributed by atoms with Crippen LogP contribution in [0.5, 0.6) is 0 Å². The highest BCUT2D eigenvalue weighted by molar-refractivity contribution is 4.82. The van der Waals surface area contributed by atoms with Gasteiger partial charge in [-0.2, -0.15) is 0 Å². The van der Waals surface area contributed by atoms with Crippen LogP contribution < -0.4 is 5.32 Å². The van der Waals surface area contributed by atoms with Gasteiger partial charge in [0.05, 0.1) is 6.61 Å². The number of hydrogen-bond donors (Lipinski definition) is 1. The van der Waals surface area contributed by atoms with Crippen LogP contribution in [0.25, 0.3) is 0 Å². The van der Waals surface area contributed by atoms with Crippen LogP contribution in [0.3, 0.4) is 0 Å². The molecule has 3 heteroatoms. The Balaban J connectivity index is 1.85. The van der Waals surface area contributed by atoms with Gasteiger partial charge in [-0.3, -0.25) is 4.90 Å². The fourth-order valence-electron chi connectivity index (χ4n) is 2.54. The molecule has 0 radical (unpaired) electrons. The van der Waals surface area contributed by atoms with Crippen molar-refractivity contribution in [3.05, 3.63) is 0 Å². The fourth-order valence-corrected chi connectivity index (χ4v) is 2.54. The predicted molar refractivity (Wildman–Crippen MR) is 57.4 cm³/mol. The molecule has 0 amide bonds. The molecule has 0 aromatic rings. The summed E-state index contributed by atoms with van der Waals surface area (Å²) in [4.78, 5) is 2.61. The average molecular weight is 198 g/mol. The van der Waals surface area contributed by atoms with Crippen LogP contribution in [0.2, 0.25) is 0 Å². The van der Waals surface area contributed by atoms with Crippen molar-refractivity contribution in [2.24, 2.45) is 5.92 Å². The molecule has 2 atom stereocenters. The summed E-state index contributed by atoms with van der Waals surface area (Å²) in [5, 5.41) is 3.52. The summed E-state index contributed by atoms with van der Waals surface area (Å²) >= 11 is 0. The molecule has 2 rings (SSSR count). The van der Waals surface area contributed by atoms with Crippen LogP contribution >= 0.6 is 0 Å². The molecule has 2 unspecified atom stereocenters. The highest BCUT2D eigenvalue weighted by Crippen LogP contribution is 2.16. The van der Waals surface area contributed by atoms with Gasteiger partial charge < -0.3 is 10.1 Å². The lowest BCUT2D eigenvalue weighted by molar-refractivity contribution is 0.117. The first-order chi connectivity index (χ1) is 6.86. The summed E-state index contributed by atoms with van der Waals surface area (Å²) in [6.45, 7) is 8.92. The van der Waals surface area contributed by atoms with Crippen molar-refractivity contribution in [2.75, 3.05) is 39.4 Å². The Morgan fingerprint density at radius 1 is 1.21 bits per heavy atom. The van der Waals surface area contributed by atoms with E-state index >= 15 is 0 Å². The van der Waals surface area contributed by atoms with E-state index < -0.39 is 0 Å². The van der Waals surface area contributed by atoms with Gasteiger partial charge in [0.15, 0.2) is 0 Å². The molecule has 3 nitrogen and oxygen atoms in total. The van der Waals surface area contributed by atoms with Crippen LogP contribution in [0, 0.1) is 5.92 Å². The minimum absolute atomic E-state index is 0.750. The Kier molecular flexibility index (Phi) is 3.79. The number of piperidine rings is 1. The van der Waals surface area contributed by atoms with E-state index in [4.69, 9.17) is 4.74 Å². The minimum atomic E-state index is 0.750. The second-order valence-electron chi connectivity index (χ2n) is 4.65. The van der Waals surface area contributed by atoms with Crippen molar-refractivity contribution in [3.63, 3.8) is 0 Å². The zero-order valence-electron chi connectivity index (χ0n) is 9.17. The summed E-state index contributed by atoms with van der Waals surface area (Å²) in [6.07, 6.45) is 2.55. The largest absolute Gasteiger partial charge is 0.380 e. The predicted octanol–water partition coefficient (Wildman–Crippen LogP) is 0.707. The van der Waals surface area contributed by atoms with Gasteiger partial charge in [-0.25, -0.2) is 0 Å². The van der Waals surface area contributed by atoms with Gasteiger partial charge in [-0.05, 0) is 25.3 Å². The fraction of sp³-hybridized carbons (Fsp3) is 1.00. The van der Waals surface area contributed by atoms with Crippen molar-refractivity contribution in [1.82, 2.24) is 10.2 Å². The molecular weight excluding hydrogens is 176 g/mol. The molecular formula is C11H22N2O. The second kappa shape index (κ2) is 5.10. The average Bonchev–Trinajstić information content (AvgIpc) is 2.45. The lowest BCUT2D eigenvalue weighted by atomic mass is 9.96. The second-order valence-corrected chi connectivity index (χ2v) is 4.65. The lowest BCUT2D eigenvalue weighted by Crippen LogP contribution is -2.49. The van der Waals surface area contributed by atoms with E-state index in [9.17, 15) is 0 Å². The van der Waals surface area contributed by atoms with E-state index in [1.54, 1.807) is 0 Å². The van der Waals surface area contributed by atoms with Gasteiger partial charge >= 0.3 is 0 Å². The standard InChI is InChI=1S/C11H22N2O/c1-10-7-11(9-12-8-10)13-3-2-5-14-6-4-13/h10-12H,2-9H2,1H3. The van der Waals surface area contributed by atoms with E-state index in [-0.39, 0.29) is 0 Å².